The van der Waals surface area contributed by atoms with Crippen molar-refractivity contribution >= 4 is 44.7 Å². The van der Waals surface area contributed by atoms with Gasteiger partial charge in [0.2, 0.25) is 15.8 Å². The van der Waals surface area contributed by atoms with Crippen molar-refractivity contribution in [2.24, 2.45) is 0 Å². The molecule has 14 heteroatoms. The van der Waals surface area contributed by atoms with Gasteiger partial charge in [-0.25, -0.2) is 27.2 Å². The van der Waals surface area contributed by atoms with Crippen molar-refractivity contribution in [3.8, 4) is 0 Å². The second kappa shape index (κ2) is 13.4. The van der Waals surface area contributed by atoms with E-state index >= 15 is 0 Å². The molecule has 3 aromatic rings. The summed E-state index contributed by atoms with van der Waals surface area (Å²) in [5, 5.41) is 4.62. The van der Waals surface area contributed by atoms with Crippen LogP contribution >= 0.6 is 23.1 Å². The Hall–Kier alpha value is -2.49. The van der Waals surface area contributed by atoms with Crippen LogP contribution in [0.5, 0.6) is 0 Å². The summed E-state index contributed by atoms with van der Waals surface area (Å²) in [7, 11) is 0.404. The van der Waals surface area contributed by atoms with Gasteiger partial charge in [-0.1, -0.05) is 6.07 Å². The average molecular weight is 611 g/mol. The molecule has 0 aliphatic carbocycles. The van der Waals surface area contributed by atoms with E-state index in [2.05, 4.69) is 20.2 Å². The fraction of sp³-hybridized carbons (Fsp3) is 0.423. The predicted molar refractivity (Wildman–Crippen MR) is 153 cm³/mol. The molecule has 0 saturated carbocycles. The predicted octanol–water partition coefficient (Wildman–Crippen LogP) is 3.62. The second-order valence-electron chi connectivity index (χ2n) is 9.64. The van der Waals surface area contributed by atoms with Crippen molar-refractivity contribution in [1.29, 1.82) is 0 Å². The number of halogens is 2. The van der Waals surface area contributed by atoms with Crippen molar-refractivity contribution in [3.05, 3.63) is 63.6 Å². The number of nitrogens with two attached hydrogens (primary N) is 1. The lowest BCUT2D eigenvalue weighted by molar-refractivity contribution is 0.103. The summed E-state index contributed by atoms with van der Waals surface area (Å²) in [5.74, 6) is -1.93. The van der Waals surface area contributed by atoms with Crippen LogP contribution in [-0.2, 0) is 16.6 Å². The van der Waals surface area contributed by atoms with Crippen LogP contribution in [0.3, 0.4) is 0 Å². The summed E-state index contributed by atoms with van der Waals surface area (Å²) in [5.41, 5.74) is 5.23. The molecule has 9 nitrogen and oxygen atoms in total. The van der Waals surface area contributed by atoms with Crippen LogP contribution in [0.1, 0.15) is 39.5 Å². The number of rotatable bonds is 12. The molecule has 1 fully saturated rings. The highest BCUT2D eigenvalue weighted by Crippen LogP contribution is 2.27. The van der Waals surface area contributed by atoms with Gasteiger partial charge in [-0.05, 0) is 64.2 Å². The maximum absolute atomic E-state index is 14.1. The number of nitrogens with one attached hydrogen (secondary N) is 1. The number of nitrogen functional groups attached to an aromatic ring is 1. The van der Waals surface area contributed by atoms with Gasteiger partial charge in [0, 0.05) is 37.6 Å². The van der Waals surface area contributed by atoms with Crippen molar-refractivity contribution in [1.82, 2.24) is 24.5 Å². The van der Waals surface area contributed by atoms with E-state index in [1.54, 1.807) is 23.9 Å². The van der Waals surface area contributed by atoms with E-state index in [0.717, 1.165) is 47.2 Å². The van der Waals surface area contributed by atoms with Gasteiger partial charge >= 0.3 is 0 Å². The molecule has 0 unspecified atom stereocenters. The first-order valence-electron chi connectivity index (χ1n) is 12.8. The molecule has 0 radical (unpaired) electrons. The number of anilines is 1. The molecule has 2 aromatic heterocycles. The fourth-order valence-corrected chi connectivity index (χ4v) is 7.36. The third kappa shape index (κ3) is 7.42. The van der Waals surface area contributed by atoms with Gasteiger partial charge in [0.25, 0.3) is 0 Å². The Bertz CT molecular complexity index is 1410. The third-order valence-corrected chi connectivity index (χ3v) is 10.4. The van der Waals surface area contributed by atoms with E-state index in [4.69, 9.17) is 5.73 Å². The third-order valence-electron chi connectivity index (χ3n) is 6.44. The average Bonchev–Trinajstić information content (AvgIpc) is 3.30. The number of benzene rings is 1. The van der Waals surface area contributed by atoms with Gasteiger partial charge in [0.1, 0.15) is 32.2 Å². The Kier molecular flexibility index (Phi) is 10.2. The molecule has 40 heavy (non-hydrogen) atoms. The minimum absolute atomic E-state index is 0.0201. The SMILES string of the molecule is CN(C)CCCSc1ccc(S(=O)(=O)N2CCC(NCc3nc(N)c(C(=O)c4c(F)cccc4F)s3)CC2)cn1. The number of sulfonamides is 1. The summed E-state index contributed by atoms with van der Waals surface area (Å²) in [6, 6.07) is 6.60. The molecule has 0 spiro atoms. The zero-order chi connectivity index (χ0) is 28.9. The number of thiazole rings is 1. The number of carbonyl (C=O) groups is 1. The molecule has 1 saturated heterocycles. The highest BCUT2D eigenvalue weighted by Gasteiger charge is 2.30. The normalized spacial score (nSPS) is 15.1. The van der Waals surface area contributed by atoms with Gasteiger partial charge in [-0.15, -0.1) is 23.1 Å². The number of thioether (sulfide) groups is 1. The van der Waals surface area contributed by atoms with Gasteiger partial charge in [-0.2, -0.15) is 4.31 Å². The van der Waals surface area contributed by atoms with Crippen molar-refractivity contribution in [2.75, 3.05) is 45.2 Å². The molecule has 1 aromatic carbocycles. The van der Waals surface area contributed by atoms with E-state index in [1.807, 2.05) is 14.1 Å². The van der Waals surface area contributed by atoms with E-state index in [1.165, 1.54) is 16.6 Å². The highest BCUT2D eigenvalue weighted by molar-refractivity contribution is 7.99. The highest BCUT2D eigenvalue weighted by atomic mass is 32.2. The van der Waals surface area contributed by atoms with E-state index < -0.39 is 33.0 Å². The van der Waals surface area contributed by atoms with Crippen LogP contribution in [0.2, 0.25) is 0 Å². The maximum atomic E-state index is 14.1. The second-order valence-corrected chi connectivity index (χ2v) is 13.8. The smallest absolute Gasteiger partial charge is 0.244 e. The molecule has 216 valence electrons. The zero-order valence-electron chi connectivity index (χ0n) is 22.3. The van der Waals surface area contributed by atoms with Crippen molar-refractivity contribution in [3.63, 3.8) is 0 Å². The Morgan fingerprint density at radius 3 is 2.52 bits per heavy atom. The topological polar surface area (TPSA) is 122 Å². The molecule has 1 aliphatic rings. The molecule has 3 N–H and O–H groups in total. The summed E-state index contributed by atoms with van der Waals surface area (Å²) in [4.78, 5) is 23.5. The first kappa shape index (κ1) is 30.5. The summed E-state index contributed by atoms with van der Waals surface area (Å²) >= 11 is 2.59. The Morgan fingerprint density at radius 1 is 1.20 bits per heavy atom. The number of carbonyl (C=O) groups excluding carboxylic acids is 1. The quantitative estimate of drug-likeness (QED) is 0.180. The minimum atomic E-state index is -3.65. The number of pyridine rings is 1. The Morgan fingerprint density at radius 2 is 1.90 bits per heavy atom. The minimum Gasteiger partial charge on any atom is -0.382 e. The Balaban J connectivity index is 1.28. The zero-order valence-corrected chi connectivity index (χ0v) is 24.7. The number of aromatic nitrogens is 2. The van der Waals surface area contributed by atoms with Crippen LogP contribution in [0.4, 0.5) is 14.6 Å². The molecule has 0 amide bonds. The molecule has 0 bridgehead atoms. The Labute approximate surface area is 241 Å². The summed E-state index contributed by atoms with van der Waals surface area (Å²) in [6.45, 7) is 1.96. The first-order chi connectivity index (χ1) is 19.1. The summed E-state index contributed by atoms with van der Waals surface area (Å²) < 4.78 is 55.8. The van der Waals surface area contributed by atoms with Gasteiger partial charge < -0.3 is 16.0 Å². The number of ketones is 1. The van der Waals surface area contributed by atoms with Crippen LogP contribution < -0.4 is 11.1 Å². The van der Waals surface area contributed by atoms with E-state index in [9.17, 15) is 22.0 Å². The standard InChI is InChI=1S/C26H32F2N6O3S3/c1-33(2)11-4-14-38-21-8-7-18(15-31-21)40(36,37)34-12-9-17(10-13-34)30-16-22-32-26(29)25(39-22)24(35)23-19(27)5-3-6-20(23)28/h3,5-8,15,17,30H,4,9-14,16,29H2,1-2H3. The molecular formula is C26H32F2N6O3S3. The number of nitrogens with zero attached hydrogens (tertiary/aromatic N) is 4. The fourth-order valence-electron chi connectivity index (χ4n) is 4.29. The monoisotopic (exact) mass is 610 g/mol. The first-order valence-corrected chi connectivity index (χ1v) is 16.0. The molecule has 3 heterocycles. The lowest BCUT2D eigenvalue weighted by Gasteiger charge is -2.31. The largest absolute Gasteiger partial charge is 0.382 e. The maximum Gasteiger partial charge on any atom is 0.244 e. The summed E-state index contributed by atoms with van der Waals surface area (Å²) in [6.07, 6.45) is 3.61. The molecule has 0 atom stereocenters. The van der Waals surface area contributed by atoms with Gasteiger partial charge in [0.05, 0.1) is 10.6 Å². The van der Waals surface area contributed by atoms with Gasteiger partial charge in [-0.3, -0.25) is 4.79 Å². The molecule has 1 aliphatic heterocycles. The lowest BCUT2D eigenvalue weighted by Crippen LogP contribution is -2.44. The van der Waals surface area contributed by atoms with Crippen LogP contribution in [0.25, 0.3) is 0 Å². The number of hydrogen-bond acceptors (Lipinski definition) is 10. The van der Waals surface area contributed by atoms with Crippen LogP contribution in [0, 0.1) is 11.6 Å². The van der Waals surface area contributed by atoms with E-state index in [0.29, 0.717) is 30.9 Å². The number of hydrogen-bond donors (Lipinski definition) is 2. The van der Waals surface area contributed by atoms with Crippen LogP contribution in [-0.4, -0.2) is 78.9 Å². The number of piperidine rings is 1. The van der Waals surface area contributed by atoms with Gasteiger partial charge in [0.15, 0.2) is 0 Å². The lowest BCUT2D eigenvalue weighted by atomic mass is 10.1. The van der Waals surface area contributed by atoms with Crippen molar-refractivity contribution < 1.29 is 22.0 Å². The van der Waals surface area contributed by atoms with Crippen LogP contribution in [0.15, 0.2) is 46.5 Å². The van der Waals surface area contributed by atoms with E-state index in [-0.39, 0.29) is 28.2 Å². The molecule has 4 rings (SSSR count). The van der Waals surface area contributed by atoms with Crippen molar-refractivity contribution in [2.45, 2.75) is 41.8 Å². The molecular weight excluding hydrogens is 579 g/mol.